The predicted octanol–water partition coefficient (Wildman–Crippen LogP) is 2.08. The highest BCUT2D eigenvalue weighted by Gasteiger charge is 2.20. The van der Waals surface area contributed by atoms with Crippen LogP contribution in [0.2, 0.25) is 0 Å². The van der Waals surface area contributed by atoms with E-state index in [2.05, 4.69) is 37.0 Å². The molecule has 26 heavy (non-hydrogen) atoms. The van der Waals surface area contributed by atoms with Crippen LogP contribution < -0.4 is 11.2 Å². The van der Waals surface area contributed by atoms with Crippen molar-refractivity contribution in [2.75, 3.05) is 0 Å². The standard InChI is InChI=1S/C19H21N5O2/c1-6-22-17(25)15-16(21(5)19(22)26)20-18-23(15)10-13(4)24(18)14-8-7-11(2)9-12(14)3/h7-10H,6H2,1-5H3. The van der Waals surface area contributed by atoms with Crippen molar-refractivity contribution in [2.45, 2.75) is 34.2 Å². The summed E-state index contributed by atoms with van der Waals surface area (Å²) in [5, 5.41) is 0. The van der Waals surface area contributed by atoms with E-state index >= 15 is 0 Å². The third-order valence-electron chi connectivity index (χ3n) is 4.94. The summed E-state index contributed by atoms with van der Waals surface area (Å²) in [4.78, 5) is 29.9. The lowest BCUT2D eigenvalue weighted by Crippen LogP contribution is -2.38. The number of fused-ring (bicyclic) bond motifs is 3. The first-order chi connectivity index (χ1) is 12.3. The molecule has 0 N–H and O–H groups in total. The molecule has 0 fully saturated rings. The molecule has 1 aromatic carbocycles. The van der Waals surface area contributed by atoms with Crippen molar-refractivity contribution in [3.8, 4) is 5.69 Å². The number of imidazole rings is 2. The fourth-order valence-electron chi connectivity index (χ4n) is 3.64. The number of aromatic nitrogens is 5. The Morgan fingerprint density at radius 3 is 2.50 bits per heavy atom. The highest BCUT2D eigenvalue weighted by atomic mass is 16.2. The number of aryl methyl sites for hydroxylation is 4. The minimum absolute atomic E-state index is 0.309. The maximum absolute atomic E-state index is 12.9. The molecular formula is C19H21N5O2. The molecule has 0 unspecified atom stereocenters. The second kappa shape index (κ2) is 5.45. The van der Waals surface area contributed by atoms with Crippen molar-refractivity contribution in [2.24, 2.45) is 7.05 Å². The van der Waals surface area contributed by atoms with Crippen molar-refractivity contribution in [1.82, 2.24) is 23.1 Å². The zero-order chi connectivity index (χ0) is 18.7. The number of hydrogen-bond donors (Lipinski definition) is 0. The molecule has 0 bridgehead atoms. The van der Waals surface area contributed by atoms with E-state index in [-0.39, 0.29) is 11.2 Å². The van der Waals surface area contributed by atoms with Crippen LogP contribution in [0.4, 0.5) is 0 Å². The molecule has 4 aromatic rings. The van der Waals surface area contributed by atoms with Gasteiger partial charge in [0.2, 0.25) is 5.78 Å². The summed E-state index contributed by atoms with van der Waals surface area (Å²) in [6.45, 7) is 8.22. The van der Waals surface area contributed by atoms with Gasteiger partial charge in [0, 0.05) is 25.5 Å². The number of nitrogens with zero attached hydrogens (tertiary/aromatic N) is 5. The molecule has 0 aliphatic rings. The summed E-state index contributed by atoms with van der Waals surface area (Å²) in [6, 6.07) is 6.23. The van der Waals surface area contributed by atoms with Crippen LogP contribution in [0.5, 0.6) is 0 Å². The van der Waals surface area contributed by atoms with Gasteiger partial charge < -0.3 is 0 Å². The summed E-state index contributed by atoms with van der Waals surface area (Å²) < 4.78 is 6.49. The molecule has 4 rings (SSSR count). The molecule has 0 atom stereocenters. The fourth-order valence-corrected chi connectivity index (χ4v) is 3.64. The van der Waals surface area contributed by atoms with Crippen molar-refractivity contribution in [3.05, 3.63) is 62.1 Å². The molecule has 0 amide bonds. The van der Waals surface area contributed by atoms with Gasteiger partial charge in [0.1, 0.15) is 0 Å². The van der Waals surface area contributed by atoms with Gasteiger partial charge in [-0.15, -0.1) is 0 Å². The monoisotopic (exact) mass is 351 g/mol. The zero-order valence-electron chi connectivity index (χ0n) is 15.6. The quantitative estimate of drug-likeness (QED) is 0.555. The van der Waals surface area contributed by atoms with Crippen molar-refractivity contribution in [3.63, 3.8) is 0 Å². The highest BCUT2D eigenvalue weighted by Crippen LogP contribution is 2.23. The van der Waals surface area contributed by atoms with E-state index < -0.39 is 0 Å². The van der Waals surface area contributed by atoms with Gasteiger partial charge in [-0.25, -0.2) is 4.79 Å². The van der Waals surface area contributed by atoms with Gasteiger partial charge in [0.25, 0.3) is 5.56 Å². The molecule has 0 spiro atoms. The molecule has 134 valence electrons. The molecule has 0 aliphatic carbocycles. The Kier molecular flexibility index (Phi) is 3.44. The molecule has 0 radical (unpaired) electrons. The van der Waals surface area contributed by atoms with E-state index in [1.54, 1.807) is 18.4 Å². The Morgan fingerprint density at radius 2 is 1.85 bits per heavy atom. The summed E-state index contributed by atoms with van der Waals surface area (Å²) in [5.41, 5.74) is 4.47. The SMILES string of the molecule is CCn1c(=O)c2c(nc3n(-c4ccc(C)cc4C)c(C)cn23)n(C)c1=O. The third kappa shape index (κ3) is 2.03. The topological polar surface area (TPSA) is 66.2 Å². The molecule has 3 heterocycles. The molecule has 0 saturated carbocycles. The Hall–Kier alpha value is -3.09. The van der Waals surface area contributed by atoms with Crippen molar-refractivity contribution in [1.29, 1.82) is 0 Å². The average Bonchev–Trinajstić information content (AvgIpc) is 3.09. The fraction of sp³-hybridized carbons (Fsp3) is 0.316. The van der Waals surface area contributed by atoms with Crippen LogP contribution in [-0.2, 0) is 13.6 Å². The molecule has 3 aromatic heterocycles. The lowest BCUT2D eigenvalue weighted by atomic mass is 10.1. The molecule has 0 saturated heterocycles. The third-order valence-corrected chi connectivity index (χ3v) is 4.94. The van der Waals surface area contributed by atoms with E-state index in [0.29, 0.717) is 23.5 Å². The van der Waals surface area contributed by atoms with Gasteiger partial charge >= 0.3 is 5.69 Å². The summed E-state index contributed by atoms with van der Waals surface area (Å²) >= 11 is 0. The first-order valence-corrected chi connectivity index (χ1v) is 8.62. The minimum atomic E-state index is -0.347. The zero-order valence-corrected chi connectivity index (χ0v) is 15.6. The Labute approximate surface area is 149 Å². The molecule has 7 nitrogen and oxygen atoms in total. The van der Waals surface area contributed by atoms with Gasteiger partial charge in [-0.3, -0.25) is 22.9 Å². The highest BCUT2D eigenvalue weighted by molar-refractivity contribution is 5.76. The first kappa shape index (κ1) is 16.4. The summed E-state index contributed by atoms with van der Waals surface area (Å²) in [7, 11) is 1.65. The van der Waals surface area contributed by atoms with Crippen LogP contribution >= 0.6 is 0 Å². The lowest BCUT2D eigenvalue weighted by molar-refractivity contribution is 0.637. The normalized spacial score (nSPS) is 11.7. The molecule has 0 aliphatic heterocycles. The Morgan fingerprint density at radius 1 is 1.12 bits per heavy atom. The van der Waals surface area contributed by atoms with E-state index in [9.17, 15) is 9.59 Å². The van der Waals surface area contributed by atoms with E-state index in [4.69, 9.17) is 0 Å². The summed E-state index contributed by atoms with van der Waals surface area (Å²) in [5.74, 6) is 0.630. The number of benzene rings is 1. The minimum Gasteiger partial charge on any atom is -0.283 e. The van der Waals surface area contributed by atoms with Crippen LogP contribution in [0.3, 0.4) is 0 Å². The number of hydrogen-bond acceptors (Lipinski definition) is 3. The second-order valence-electron chi connectivity index (χ2n) is 6.74. The lowest BCUT2D eigenvalue weighted by Gasteiger charge is -2.10. The van der Waals surface area contributed by atoms with Crippen LogP contribution in [0.1, 0.15) is 23.7 Å². The van der Waals surface area contributed by atoms with Crippen LogP contribution in [0, 0.1) is 20.8 Å². The van der Waals surface area contributed by atoms with Crippen molar-refractivity contribution >= 4 is 16.9 Å². The molecule has 7 heteroatoms. The van der Waals surface area contributed by atoms with Gasteiger partial charge in [-0.05, 0) is 39.3 Å². The van der Waals surface area contributed by atoms with Crippen LogP contribution in [0.25, 0.3) is 22.6 Å². The van der Waals surface area contributed by atoms with Gasteiger partial charge in [0.15, 0.2) is 11.2 Å². The van der Waals surface area contributed by atoms with Crippen molar-refractivity contribution < 1.29 is 0 Å². The van der Waals surface area contributed by atoms with E-state index in [1.807, 2.05) is 17.7 Å². The molecular weight excluding hydrogens is 330 g/mol. The van der Waals surface area contributed by atoms with Crippen LogP contribution in [0.15, 0.2) is 34.0 Å². The average molecular weight is 351 g/mol. The number of rotatable bonds is 2. The van der Waals surface area contributed by atoms with Gasteiger partial charge in [0.05, 0.1) is 5.69 Å². The maximum Gasteiger partial charge on any atom is 0.332 e. The van der Waals surface area contributed by atoms with Gasteiger partial charge in [-0.1, -0.05) is 17.7 Å². The van der Waals surface area contributed by atoms with Crippen LogP contribution in [-0.4, -0.2) is 23.1 Å². The Balaban J connectivity index is 2.19. The second-order valence-corrected chi connectivity index (χ2v) is 6.74. The van der Waals surface area contributed by atoms with Gasteiger partial charge in [-0.2, -0.15) is 4.98 Å². The maximum atomic E-state index is 12.9. The van der Waals surface area contributed by atoms with E-state index in [1.165, 1.54) is 14.7 Å². The predicted molar refractivity (Wildman–Crippen MR) is 101 cm³/mol. The van der Waals surface area contributed by atoms with E-state index in [0.717, 1.165) is 16.9 Å². The summed E-state index contributed by atoms with van der Waals surface area (Å²) in [6.07, 6.45) is 1.90. The largest absolute Gasteiger partial charge is 0.332 e. The Bertz CT molecular complexity index is 1300. The first-order valence-electron chi connectivity index (χ1n) is 8.62. The smallest absolute Gasteiger partial charge is 0.283 e.